The number of hydrogen-bond acceptors (Lipinski definition) is 7. The van der Waals surface area contributed by atoms with Gasteiger partial charge in [-0.2, -0.15) is 0 Å². The number of ether oxygens (including phenoxy) is 2. The number of pyridine rings is 1. The number of piperazine rings is 1. The van der Waals surface area contributed by atoms with Crippen LogP contribution in [0.25, 0.3) is 0 Å². The Bertz CT molecular complexity index is 1220. The summed E-state index contributed by atoms with van der Waals surface area (Å²) in [7, 11) is 1.63. The molecule has 2 aromatic rings. The predicted molar refractivity (Wildman–Crippen MR) is 150 cm³/mol. The quantitative estimate of drug-likeness (QED) is 0.535. The van der Waals surface area contributed by atoms with Crippen molar-refractivity contribution in [3.63, 3.8) is 0 Å². The molecule has 3 aliphatic heterocycles. The number of carbonyl (C=O) groups excluding carboxylic acids is 2. The third-order valence-electron chi connectivity index (χ3n) is 8.10. The van der Waals surface area contributed by atoms with E-state index in [4.69, 9.17) is 14.5 Å². The Kier molecular flexibility index (Phi) is 8.51. The summed E-state index contributed by atoms with van der Waals surface area (Å²) in [6.07, 6.45) is 2.33. The van der Waals surface area contributed by atoms with Crippen LogP contribution in [0.1, 0.15) is 37.6 Å². The number of anilines is 1. The van der Waals surface area contributed by atoms with Gasteiger partial charge in [-0.05, 0) is 42.7 Å². The van der Waals surface area contributed by atoms with Gasteiger partial charge in [-0.1, -0.05) is 26.0 Å². The summed E-state index contributed by atoms with van der Waals surface area (Å²) in [4.78, 5) is 37.2. The van der Waals surface area contributed by atoms with Gasteiger partial charge in [0.05, 0.1) is 30.6 Å². The fourth-order valence-corrected chi connectivity index (χ4v) is 6.00. The summed E-state index contributed by atoms with van der Waals surface area (Å²) in [6.45, 7) is 10.1. The maximum atomic E-state index is 13.9. The van der Waals surface area contributed by atoms with Gasteiger partial charge in [0, 0.05) is 63.5 Å². The molecule has 1 aromatic carbocycles. The first-order valence-corrected chi connectivity index (χ1v) is 14.0. The van der Waals surface area contributed by atoms with Crippen molar-refractivity contribution in [1.29, 1.82) is 0 Å². The van der Waals surface area contributed by atoms with Gasteiger partial charge in [0.2, 0.25) is 11.8 Å². The first-order chi connectivity index (χ1) is 19.1. The van der Waals surface area contributed by atoms with E-state index in [1.807, 2.05) is 16.0 Å². The molecule has 216 valence electrons. The minimum atomic E-state index is -0.272. The van der Waals surface area contributed by atoms with Crippen molar-refractivity contribution < 1.29 is 23.5 Å². The first kappa shape index (κ1) is 28.6. The minimum Gasteiger partial charge on any atom is -0.382 e. The molecule has 0 spiro atoms. The lowest BCUT2D eigenvalue weighted by atomic mass is 9.91. The van der Waals surface area contributed by atoms with Crippen molar-refractivity contribution in [2.45, 2.75) is 50.8 Å². The molecule has 10 heteroatoms. The first-order valence-electron chi connectivity index (χ1n) is 14.0. The maximum Gasteiger partial charge on any atom is 0.248 e. The van der Waals surface area contributed by atoms with E-state index in [0.29, 0.717) is 45.8 Å². The average molecular weight is 554 g/mol. The Morgan fingerprint density at radius 1 is 1.23 bits per heavy atom. The van der Waals surface area contributed by atoms with Crippen LogP contribution in [0.5, 0.6) is 0 Å². The Balaban J connectivity index is 1.31. The number of rotatable bonds is 8. The van der Waals surface area contributed by atoms with Crippen LogP contribution in [0.15, 0.2) is 36.5 Å². The van der Waals surface area contributed by atoms with E-state index in [2.05, 4.69) is 37.1 Å². The molecule has 2 saturated heterocycles. The molecule has 2 amide bonds. The van der Waals surface area contributed by atoms with Gasteiger partial charge < -0.3 is 24.6 Å². The summed E-state index contributed by atoms with van der Waals surface area (Å²) < 4.78 is 24.2. The summed E-state index contributed by atoms with van der Waals surface area (Å²) in [6, 6.07) is 8.76. The van der Waals surface area contributed by atoms with Crippen molar-refractivity contribution in [3.05, 3.63) is 59.2 Å². The van der Waals surface area contributed by atoms with E-state index in [1.165, 1.54) is 12.1 Å². The molecule has 0 saturated carbocycles. The molecule has 5 rings (SSSR count). The van der Waals surface area contributed by atoms with Crippen LogP contribution in [0.4, 0.5) is 10.1 Å². The SMILES string of the molecule is COC[C@@H]1CN(C[C@@H]2CN[C@H](C)CN2CC(=O)N2CC(C)(C)c3ncc(Cc4ccc(F)cc4)cc32)C(=O)CO1. The number of fused-ring (bicyclic) bond motifs is 1. The molecule has 0 unspecified atom stereocenters. The zero-order valence-electron chi connectivity index (χ0n) is 23.9. The number of methoxy groups -OCH3 is 1. The van der Waals surface area contributed by atoms with Crippen molar-refractivity contribution in [1.82, 2.24) is 20.1 Å². The van der Waals surface area contributed by atoms with E-state index >= 15 is 0 Å². The van der Waals surface area contributed by atoms with E-state index in [-0.39, 0.29) is 54.4 Å². The van der Waals surface area contributed by atoms with Crippen LogP contribution < -0.4 is 10.2 Å². The van der Waals surface area contributed by atoms with Crippen molar-refractivity contribution >= 4 is 17.5 Å². The number of carbonyl (C=O) groups is 2. The van der Waals surface area contributed by atoms with Crippen LogP contribution in [0.3, 0.4) is 0 Å². The monoisotopic (exact) mass is 553 g/mol. The minimum absolute atomic E-state index is 0.00316. The number of nitrogens with one attached hydrogen (secondary N) is 1. The third kappa shape index (κ3) is 6.35. The van der Waals surface area contributed by atoms with Gasteiger partial charge in [-0.25, -0.2) is 4.39 Å². The van der Waals surface area contributed by atoms with Crippen LogP contribution in [-0.2, 0) is 30.9 Å². The second-order valence-corrected chi connectivity index (χ2v) is 12.0. The van der Waals surface area contributed by atoms with E-state index in [1.54, 1.807) is 19.2 Å². The largest absolute Gasteiger partial charge is 0.382 e. The predicted octanol–water partition coefficient (Wildman–Crippen LogP) is 1.97. The molecular formula is C30H40FN5O4. The van der Waals surface area contributed by atoms with Gasteiger partial charge >= 0.3 is 0 Å². The molecule has 9 nitrogen and oxygen atoms in total. The third-order valence-corrected chi connectivity index (χ3v) is 8.10. The highest BCUT2D eigenvalue weighted by atomic mass is 19.1. The highest BCUT2D eigenvalue weighted by Crippen LogP contribution is 2.39. The van der Waals surface area contributed by atoms with Gasteiger partial charge in [0.15, 0.2) is 0 Å². The van der Waals surface area contributed by atoms with Crippen molar-refractivity contribution in [2.75, 3.05) is 64.5 Å². The summed E-state index contributed by atoms with van der Waals surface area (Å²) in [5.74, 6) is -0.271. The van der Waals surface area contributed by atoms with Crippen molar-refractivity contribution in [2.24, 2.45) is 0 Å². The fraction of sp³-hybridized carbons (Fsp3) is 0.567. The summed E-state index contributed by atoms with van der Waals surface area (Å²) in [5, 5.41) is 3.51. The molecule has 1 N–H and O–H groups in total. The Hall–Kier alpha value is -2.92. The average Bonchev–Trinajstić information content (AvgIpc) is 3.19. The van der Waals surface area contributed by atoms with Crippen molar-refractivity contribution in [3.8, 4) is 0 Å². The second-order valence-electron chi connectivity index (χ2n) is 12.0. The number of morpholine rings is 1. The Morgan fingerprint density at radius 2 is 2.00 bits per heavy atom. The summed E-state index contributed by atoms with van der Waals surface area (Å²) in [5.41, 5.74) is 3.45. The highest BCUT2D eigenvalue weighted by Gasteiger charge is 2.41. The molecule has 40 heavy (non-hydrogen) atoms. The number of hydrogen-bond donors (Lipinski definition) is 1. The lowest BCUT2D eigenvalue weighted by Crippen LogP contribution is -2.62. The molecule has 4 heterocycles. The number of nitrogens with zero attached hydrogens (tertiary/aromatic N) is 4. The molecule has 3 atom stereocenters. The van der Waals surface area contributed by atoms with Gasteiger partial charge in [-0.15, -0.1) is 0 Å². The normalized spacial score (nSPS) is 24.8. The molecule has 3 aliphatic rings. The van der Waals surface area contributed by atoms with E-state index in [0.717, 1.165) is 22.5 Å². The number of amides is 2. The van der Waals surface area contributed by atoms with E-state index in [9.17, 15) is 14.0 Å². The lowest BCUT2D eigenvalue weighted by molar-refractivity contribution is -0.153. The van der Waals surface area contributed by atoms with Crippen LogP contribution in [-0.4, -0.2) is 104 Å². The van der Waals surface area contributed by atoms with Crippen LogP contribution in [0, 0.1) is 5.82 Å². The topological polar surface area (TPSA) is 87.2 Å². The number of halogens is 1. The molecule has 0 bridgehead atoms. The smallest absolute Gasteiger partial charge is 0.248 e. The lowest BCUT2D eigenvalue weighted by Gasteiger charge is -2.43. The molecule has 0 aliphatic carbocycles. The second kappa shape index (κ2) is 11.9. The number of aromatic nitrogens is 1. The molecule has 1 aromatic heterocycles. The highest BCUT2D eigenvalue weighted by molar-refractivity contribution is 5.97. The standard InChI is InChI=1S/C30H40FN5O4/c1-20-13-34(24(12-32-20)14-35-15-25(17-39-4)40-18-28(35)38)16-27(37)36-19-30(2,3)29-26(36)10-22(11-33-29)9-21-5-7-23(31)8-6-21/h5-8,10-11,20,24-25,32H,9,12-19H2,1-4H3/t20-,24+,25+/m1/s1. The molecule has 0 radical (unpaired) electrons. The van der Waals surface area contributed by atoms with Crippen LogP contribution in [0.2, 0.25) is 0 Å². The van der Waals surface area contributed by atoms with Gasteiger partial charge in [0.1, 0.15) is 12.4 Å². The zero-order chi connectivity index (χ0) is 28.4. The van der Waals surface area contributed by atoms with Gasteiger partial charge in [-0.3, -0.25) is 19.5 Å². The Morgan fingerprint density at radius 3 is 2.75 bits per heavy atom. The Labute approximate surface area is 235 Å². The molecule has 2 fully saturated rings. The fourth-order valence-electron chi connectivity index (χ4n) is 6.00. The van der Waals surface area contributed by atoms with E-state index < -0.39 is 0 Å². The van der Waals surface area contributed by atoms with Gasteiger partial charge in [0.25, 0.3) is 0 Å². The molecular weight excluding hydrogens is 513 g/mol. The zero-order valence-corrected chi connectivity index (χ0v) is 23.9. The maximum absolute atomic E-state index is 13.9. The summed E-state index contributed by atoms with van der Waals surface area (Å²) >= 11 is 0. The number of benzene rings is 1. The van der Waals surface area contributed by atoms with Crippen LogP contribution >= 0.6 is 0 Å².